The lowest BCUT2D eigenvalue weighted by Crippen LogP contribution is -2.38. The highest BCUT2D eigenvalue weighted by molar-refractivity contribution is 7.91. The Balaban J connectivity index is 1.72. The van der Waals surface area contributed by atoms with Crippen LogP contribution in [0.4, 0.5) is 5.95 Å². The molecule has 0 spiro atoms. The Morgan fingerprint density at radius 2 is 1.93 bits per heavy atom. The predicted octanol–water partition coefficient (Wildman–Crippen LogP) is 1.96. The van der Waals surface area contributed by atoms with E-state index in [0.29, 0.717) is 24.6 Å². The number of anilines is 1. The molecular formula is C19H24N4O3S. The maximum absolute atomic E-state index is 12.8. The molecular weight excluding hydrogens is 364 g/mol. The van der Waals surface area contributed by atoms with E-state index in [9.17, 15) is 13.2 Å². The van der Waals surface area contributed by atoms with Crippen LogP contribution in [0.25, 0.3) is 0 Å². The molecule has 2 aromatic rings. The summed E-state index contributed by atoms with van der Waals surface area (Å²) in [6, 6.07) is 9.44. The summed E-state index contributed by atoms with van der Waals surface area (Å²) < 4.78 is 23.4. The van der Waals surface area contributed by atoms with Crippen molar-refractivity contribution in [3.8, 4) is 0 Å². The third-order valence-electron chi connectivity index (χ3n) is 4.72. The summed E-state index contributed by atoms with van der Waals surface area (Å²) in [7, 11) is -1.42. The maximum Gasteiger partial charge on any atom is 0.272 e. The van der Waals surface area contributed by atoms with Crippen molar-refractivity contribution in [1.82, 2.24) is 14.9 Å². The van der Waals surface area contributed by atoms with Crippen LogP contribution in [0, 0.1) is 13.8 Å². The molecule has 3 rings (SSSR count). The molecule has 1 N–H and O–H groups in total. The first-order valence-corrected chi connectivity index (χ1v) is 10.7. The van der Waals surface area contributed by atoms with Crippen molar-refractivity contribution in [3.63, 3.8) is 0 Å². The van der Waals surface area contributed by atoms with Crippen molar-refractivity contribution < 1.29 is 13.2 Å². The van der Waals surface area contributed by atoms with Gasteiger partial charge in [-0.15, -0.1) is 0 Å². The van der Waals surface area contributed by atoms with Gasteiger partial charge in [0.2, 0.25) is 5.95 Å². The summed E-state index contributed by atoms with van der Waals surface area (Å²) in [4.78, 5) is 22.9. The zero-order chi connectivity index (χ0) is 19.6. The minimum Gasteiger partial charge on any atom is -0.350 e. The molecule has 1 atom stereocenters. The molecule has 1 amide bonds. The Bertz CT molecular complexity index is 942. The van der Waals surface area contributed by atoms with Crippen LogP contribution in [0.2, 0.25) is 0 Å². The van der Waals surface area contributed by atoms with Crippen molar-refractivity contribution in [2.45, 2.75) is 32.9 Å². The van der Waals surface area contributed by atoms with Gasteiger partial charge in [-0.2, -0.15) is 0 Å². The molecule has 1 fully saturated rings. The van der Waals surface area contributed by atoms with Crippen LogP contribution in [0.3, 0.4) is 0 Å². The third kappa shape index (κ3) is 4.82. The van der Waals surface area contributed by atoms with E-state index in [1.807, 2.05) is 31.2 Å². The minimum absolute atomic E-state index is 0.0117. The Kier molecular flexibility index (Phi) is 5.46. The Morgan fingerprint density at radius 1 is 1.22 bits per heavy atom. The standard InChI is InChI=1S/C19H24N4O3S/c1-13-4-6-15(7-5-13)11-20-19-21-14(2)10-17(22-19)18(24)23(3)16-8-9-27(25,26)12-16/h4-7,10,16H,8-9,11-12H2,1-3H3,(H,20,21,22). The molecule has 1 aliphatic heterocycles. The van der Waals surface area contributed by atoms with Crippen molar-refractivity contribution in [2.24, 2.45) is 0 Å². The zero-order valence-electron chi connectivity index (χ0n) is 15.8. The van der Waals surface area contributed by atoms with E-state index in [1.165, 1.54) is 10.5 Å². The predicted molar refractivity (Wildman–Crippen MR) is 104 cm³/mol. The van der Waals surface area contributed by atoms with Gasteiger partial charge in [-0.1, -0.05) is 29.8 Å². The topological polar surface area (TPSA) is 92.3 Å². The largest absolute Gasteiger partial charge is 0.350 e. The lowest BCUT2D eigenvalue weighted by molar-refractivity contribution is 0.0741. The second-order valence-corrected chi connectivity index (χ2v) is 9.26. The van der Waals surface area contributed by atoms with E-state index in [2.05, 4.69) is 15.3 Å². The molecule has 1 aliphatic rings. The van der Waals surface area contributed by atoms with Gasteiger partial charge >= 0.3 is 0 Å². The number of nitrogens with one attached hydrogen (secondary N) is 1. The van der Waals surface area contributed by atoms with Crippen LogP contribution in [0.15, 0.2) is 30.3 Å². The SMILES string of the molecule is Cc1ccc(CNc2nc(C)cc(C(=O)N(C)C3CCS(=O)(=O)C3)n2)cc1. The number of sulfone groups is 1. The number of nitrogens with zero attached hydrogens (tertiary/aromatic N) is 3. The molecule has 8 heteroatoms. The van der Waals surface area contributed by atoms with Crippen LogP contribution < -0.4 is 5.32 Å². The van der Waals surface area contributed by atoms with Crippen molar-refractivity contribution >= 4 is 21.7 Å². The van der Waals surface area contributed by atoms with Gasteiger partial charge in [0.25, 0.3) is 5.91 Å². The van der Waals surface area contributed by atoms with Gasteiger partial charge < -0.3 is 10.2 Å². The highest BCUT2D eigenvalue weighted by Gasteiger charge is 2.33. The Labute approximate surface area is 159 Å². The van der Waals surface area contributed by atoms with Crippen molar-refractivity contribution in [1.29, 1.82) is 0 Å². The fraction of sp³-hybridized carbons (Fsp3) is 0.421. The molecule has 1 saturated heterocycles. The van der Waals surface area contributed by atoms with Crippen LogP contribution in [-0.4, -0.2) is 53.8 Å². The minimum atomic E-state index is -3.05. The van der Waals surface area contributed by atoms with E-state index in [-0.39, 0.29) is 29.1 Å². The lowest BCUT2D eigenvalue weighted by Gasteiger charge is -2.23. The second kappa shape index (κ2) is 7.64. The number of hydrogen-bond acceptors (Lipinski definition) is 6. The van der Waals surface area contributed by atoms with Crippen molar-refractivity contribution in [2.75, 3.05) is 23.9 Å². The molecule has 1 unspecified atom stereocenters. The van der Waals surface area contributed by atoms with Crippen LogP contribution in [0.5, 0.6) is 0 Å². The molecule has 7 nitrogen and oxygen atoms in total. The van der Waals surface area contributed by atoms with Gasteiger partial charge in [0.05, 0.1) is 11.5 Å². The number of amides is 1. The average molecular weight is 388 g/mol. The third-order valence-corrected chi connectivity index (χ3v) is 6.47. The fourth-order valence-electron chi connectivity index (χ4n) is 3.07. The first-order valence-electron chi connectivity index (χ1n) is 8.86. The molecule has 1 aromatic heterocycles. The molecule has 0 radical (unpaired) electrons. The lowest BCUT2D eigenvalue weighted by atomic mass is 10.1. The molecule has 2 heterocycles. The van der Waals surface area contributed by atoms with E-state index < -0.39 is 9.84 Å². The van der Waals surface area contributed by atoms with Gasteiger partial charge in [-0.25, -0.2) is 18.4 Å². The molecule has 27 heavy (non-hydrogen) atoms. The number of hydrogen-bond donors (Lipinski definition) is 1. The van der Waals surface area contributed by atoms with E-state index in [4.69, 9.17) is 0 Å². The average Bonchev–Trinajstić information content (AvgIpc) is 2.99. The monoisotopic (exact) mass is 388 g/mol. The maximum atomic E-state index is 12.8. The van der Waals surface area contributed by atoms with Crippen LogP contribution in [0.1, 0.15) is 33.7 Å². The smallest absolute Gasteiger partial charge is 0.272 e. The number of aryl methyl sites for hydroxylation is 2. The van der Waals surface area contributed by atoms with Crippen LogP contribution >= 0.6 is 0 Å². The summed E-state index contributed by atoms with van der Waals surface area (Å²) in [6.07, 6.45) is 0.465. The Morgan fingerprint density at radius 3 is 2.56 bits per heavy atom. The van der Waals surface area contributed by atoms with E-state index in [0.717, 1.165) is 5.56 Å². The molecule has 0 aliphatic carbocycles. The number of benzene rings is 1. The number of rotatable bonds is 5. The first kappa shape index (κ1) is 19.3. The van der Waals surface area contributed by atoms with Gasteiger partial charge in [0.15, 0.2) is 9.84 Å². The Hall–Kier alpha value is -2.48. The normalized spacial score (nSPS) is 18.3. The van der Waals surface area contributed by atoms with E-state index >= 15 is 0 Å². The highest BCUT2D eigenvalue weighted by atomic mass is 32.2. The van der Waals surface area contributed by atoms with Crippen molar-refractivity contribution in [3.05, 3.63) is 52.8 Å². The highest BCUT2D eigenvalue weighted by Crippen LogP contribution is 2.19. The van der Waals surface area contributed by atoms with Gasteiger partial charge in [-0.05, 0) is 31.9 Å². The number of carbonyl (C=O) groups is 1. The molecule has 0 saturated carbocycles. The quantitative estimate of drug-likeness (QED) is 0.842. The van der Waals surface area contributed by atoms with Crippen LogP contribution in [-0.2, 0) is 16.4 Å². The fourth-order valence-corrected chi connectivity index (χ4v) is 4.85. The first-order chi connectivity index (χ1) is 12.7. The number of carbonyl (C=O) groups excluding carboxylic acids is 1. The number of aromatic nitrogens is 2. The summed E-state index contributed by atoms with van der Waals surface area (Å²) >= 11 is 0. The molecule has 0 bridgehead atoms. The summed E-state index contributed by atoms with van der Waals surface area (Å²) in [5.74, 6) is 0.228. The summed E-state index contributed by atoms with van der Waals surface area (Å²) in [6.45, 7) is 4.38. The molecule has 144 valence electrons. The van der Waals surface area contributed by atoms with Gasteiger partial charge in [0.1, 0.15) is 5.69 Å². The second-order valence-electron chi connectivity index (χ2n) is 7.03. The van der Waals surface area contributed by atoms with Gasteiger partial charge in [-0.3, -0.25) is 4.79 Å². The molecule has 1 aromatic carbocycles. The van der Waals surface area contributed by atoms with Gasteiger partial charge in [0, 0.05) is 25.3 Å². The zero-order valence-corrected chi connectivity index (χ0v) is 16.6. The summed E-state index contributed by atoms with van der Waals surface area (Å²) in [5.41, 5.74) is 3.22. The van der Waals surface area contributed by atoms with E-state index in [1.54, 1.807) is 20.0 Å². The summed E-state index contributed by atoms with van der Waals surface area (Å²) in [5, 5.41) is 3.15.